The topological polar surface area (TPSA) is 86.7 Å². The molecule has 2 rings (SSSR count). The number of aliphatic carboxylic acids is 1. The van der Waals surface area contributed by atoms with Crippen molar-refractivity contribution in [1.82, 2.24) is 10.2 Å². The summed E-state index contributed by atoms with van der Waals surface area (Å²) in [5, 5.41) is 11.9. The summed E-state index contributed by atoms with van der Waals surface area (Å²) in [5.74, 6) is -1.15. The first kappa shape index (κ1) is 19.0. The molecule has 25 heavy (non-hydrogen) atoms. The molecule has 2 N–H and O–H groups in total. The Labute approximate surface area is 148 Å². The Kier molecular flexibility index (Phi) is 6.98. The summed E-state index contributed by atoms with van der Waals surface area (Å²) in [6, 6.07) is 8.97. The van der Waals surface area contributed by atoms with Crippen LogP contribution in [0, 0.1) is 0 Å². The van der Waals surface area contributed by atoms with Crippen molar-refractivity contribution in [3.63, 3.8) is 0 Å². The first-order valence-electron chi connectivity index (χ1n) is 8.80. The van der Waals surface area contributed by atoms with Gasteiger partial charge in [-0.05, 0) is 37.7 Å². The molecule has 1 aliphatic heterocycles. The van der Waals surface area contributed by atoms with E-state index in [2.05, 4.69) is 5.32 Å². The average Bonchev–Trinajstić information content (AvgIpc) is 2.60. The number of likely N-dealkylation sites (tertiary alicyclic amines) is 1. The van der Waals surface area contributed by atoms with Crippen LogP contribution in [-0.4, -0.2) is 46.4 Å². The number of rotatable bonds is 7. The molecule has 0 radical (unpaired) electrons. The smallest absolute Gasteiger partial charge is 0.303 e. The SMILES string of the molecule is CC(=O)N1CCCCC1C(=O)NC(CCC(=O)O)Cc1ccccc1. The van der Waals surface area contributed by atoms with E-state index in [4.69, 9.17) is 5.11 Å². The molecule has 1 aliphatic rings. The number of carboxylic acid groups (broad SMARTS) is 1. The quantitative estimate of drug-likeness (QED) is 0.790. The van der Waals surface area contributed by atoms with E-state index >= 15 is 0 Å². The lowest BCUT2D eigenvalue weighted by Crippen LogP contribution is -2.53. The molecular formula is C19H26N2O4. The molecule has 2 amide bonds. The second-order valence-electron chi connectivity index (χ2n) is 6.55. The minimum absolute atomic E-state index is 0.00112. The van der Waals surface area contributed by atoms with Crippen LogP contribution in [0.1, 0.15) is 44.6 Å². The zero-order chi connectivity index (χ0) is 18.2. The van der Waals surface area contributed by atoms with Gasteiger partial charge in [0.15, 0.2) is 0 Å². The van der Waals surface area contributed by atoms with Crippen LogP contribution in [0.25, 0.3) is 0 Å². The number of carbonyl (C=O) groups excluding carboxylic acids is 2. The summed E-state index contributed by atoms with van der Waals surface area (Å²) in [6.45, 7) is 2.09. The molecule has 1 fully saturated rings. The summed E-state index contributed by atoms with van der Waals surface area (Å²) in [5.41, 5.74) is 1.05. The highest BCUT2D eigenvalue weighted by Crippen LogP contribution is 2.18. The maximum absolute atomic E-state index is 12.7. The van der Waals surface area contributed by atoms with Crippen molar-refractivity contribution in [2.45, 2.75) is 57.5 Å². The molecule has 2 unspecified atom stereocenters. The number of benzene rings is 1. The van der Waals surface area contributed by atoms with Crippen molar-refractivity contribution in [2.75, 3.05) is 6.54 Å². The van der Waals surface area contributed by atoms with Gasteiger partial charge in [-0.25, -0.2) is 0 Å². The zero-order valence-electron chi connectivity index (χ0n) is 14.6. The Balaban J connectivity index is 2.04. The molecule has 1 aromatic rings. The summed E-state index contributed by atoms with van der Waals surface area (Å²) in [6.07, 6.45) is 3.42. The predicted octanol–water partition coefficient (Wildman–Crippen LogP) is 1.98. The third kappa shape index (κ3) is 5.89. The van der Waals surface area contributed by atoms with Crippen LogP contribution in [-0.2, 0) is 20.8 Å². The Morgan fingerprint density at radius 3 is 2.60 bits per heavy atom. The number of nitrogens with zero attached hydrogens (tertiary/aromatic N) is 1. The number of carboxylic acids is 1. The fourth-order valence-corrected chi connectivity index (χ4v) is 3.30. The lowest BCUT2D eigenvalue weighted by Gasteiger charge is -2.35. The van der Waals surface area contributed by atoms with E-state index in [1.807, 2.05) is 30.3 Å². The van der Waals surface area contributed by atoms with E-state index in [-0.39, 0.29) is 24.3 Å². The lowest BCUT2D eigenvalue weighted by atomic mass is 9.98. The van der Waals surface area contributed by atoms with Crippen LogP contribution in [0.2, 0.25) is 0 Å². The summed E-state index contributed by atoms with van der Waals surface area (Å²) >= 11 is 0. The molecule has 2 atom stereocenters. The maximum Gasteiger partial charge on any atom is 0.303 e. The fraction of sp³-hybridized carbons (Fsp3) is 0.526. The largest absolute Gasteiger partial charge is 0.481 e. The van der Waals surface area contributed by atoms with Crippen LogP contribution in [0.15, 0.2) is 30.3 Å². The zero-order valence-corrected chi connectivity index (χ0v) is 14.6. The molecule has 0 aliphatic carbocycles. The van der Waals surface area contributed by atoms with Gasteiger partial charge in [-0.2, -0.15) is 0 Å². The normalized spacial score (nSPS) is 18.4. The van der Waals surface area contributed by atoms with Gasteiger partial charge in [0.05, 0.1) is 0 Å². The van der Waals surface area contributed by atoms with Crippen molar-refractivity contribution in [2.24, 2.45) is 0 Å². The third-order valence-electron chi connectivity index (χ3n) is 4.59. The first-order chi connectivity index (χ1) is 12.0. The second kappa shape index (κ2) is 9.20. The minimum atomic E-state index is -0.879. The van der Waals surface area contributed by atoms with Crippen LogP contribution < -0.4 is 5.32 Å². The van der Waals surface area contributed by atoms with E-state index in [0.29, 0.717) is 25.8 Å². The molecule has 1 aromatic carbocycles. The van der Waals surface area contributed by atoms with E-state index in [9.17, 15) is 14.4 Å². The third-order valence-corrected chi connectivity index (χ3v) is 4.59. The van der Waals surface area contributed by atoms with Gasteiger partial charge in [0.2, 0.25) is 11.8 Å². The van der Waals surface area contributed by atoms with Gasteiger partial charge in [0.25, 0.3) is 0 Å². The van der Waals surface area contributed by atoms with Crippen LogP contribution in [0.5, 0.6) is 0 Å². The number of hydrogen-bond donors (Lipinski definition) is 2. The molecule has 0 bridgehead atoms. The predicted molar refractivity (Wildman–Crippen MR) is 94.0 cm³/mol. The highest BCUT2D eigenvalue weighted by Gasteiger charge is 2.31. The molecule has 0 saturated carbocycles. The second-order valence-corrected chi connectivity index (χ2v) is 6.55. The van der Waals surface area contributed by atoms with E-state index < -0.39 is 12.0 Å². The van der Waals surface area contributed by atoms with E-state index in [1.54, 1.807) is 4.90 Å². The standard InChI is InChI=1S/C19H26N2O4/c1-14(22)21-12-6-5-9-17(21)19(25)20-16(10-11-18(23)24)13-15-7-3-2-4-8-15/h2-4,7-8,16-17H,5-6,9-13H2,1H3,(H,20,25)(H,23,24). The number of carbonyl (C=O) groups is 3. The Morgan fingerprint density at radius 1 is 1.24 bits per heavy atom. The number of hydrogen-bond acceptors (Lipinski definition) is 3. The van der Waals surface area contributed by atoms with Gasteiger partial charge in [-0.1, -0.05) is 30.3 Å². The number of piperidine rings is 1. The maximum atomic E-state index is 12.7. The number of amides is 2. The molecule has 0 aromatic heterocycles. The van der Waals surface area contributed by atoms with E-state index in [0.717, 1.165) is 18.4 Å². The van der Waals surface area contributed by atoms with Crippen molar-refractivity contribution >= 4 is 17.8 Å². The molecule has 1 heterocycles. The van der Waals surface area contributed by atoms with Crippen LogP contribution in [0.4, 0.5) is 0 Å². The van der Waals surface area contributed by atoms with Gasteiger partial charge in [0.1, 0.15) is 6.04 Å². The summed E-state index contributed by atoms with van der Waals surface area (Å²) in [4.78, 5) is 37.0. The van der Waals surface area contributed by atoms with Crippen molar-refractivity contribution in [3.8, 4) is 0 Å². The summed E-state index contributed by atoms with van der Waals surface area (Å²) < 4.78 is 0. The lowest BCUT2D eigenvalue weighted by molar-refractivity contribution is -0.141. The minimum Gasteiger partial charge on any atom is -0.481 e. The van der Waals surface area contributed by atoms with Crippen molar-refractivity contribution in [3.05, 3.63) is 35.9 Å². The monoisotopic (exact) mass is 346 g/mol. The summed E-state index contributed by atoms with van der Waals surface area (Å²) in [7, 11) is 0. The molecule has 136 valence electrons. The highest BCUT2D eigenvalue weighted by molar-refractivity contribution is 5.87. The van der Waals surface area contributed by atoms with Crippen molar-refractivity contribution < 1.29 is 19.5 Å². The van der Waals surface area contributed by atoms with Crippen molar-refractivity contribution in [1.29, 1.82) is 0 Å². The Bertz CT molecular complexity index is 603. The van der Waals surface area contributed by atoms with Gasteiger partial charge in [0, 0.05) is 25.9 Å². The Hall–Kier alpha value is -2.37. The molecule has 6 heteroatoms. The van der Waals surface area contributed by atoms with E-state index in [1.165, 1.54) is 6.92 Å². The molecular weight excluding hydrogens is 320 g/mol. The Morgan fingerprint density at radius 2 is 1.96 bits per heavy atom. The van der Waals surface area contributed by atoms with Gasteiger partial charge < -0.3 is 15.3 Å². The fourth-order valence-electron chi connectivity index (χ4n) is 3.30. The highest BCUT2D eigenvalue weighted by atomic mass is 16.4. The molecule has 1 saturated heterocycles. The van der Waals surface area contributed by atoms with Crippen LogP contribution in [0.3, 0.4) is 0 Å². The number of nitrogens with one attached hydrogen (secondary N) is 1. The van der Waals surface area contributed by atoms with Crippen LogP contribution >= 0.6 is 0 Å². The average molecular weight is 346 g/mol. The molecule has 6 nitrogen and oxygen atoms in total. The molecule has 0 spiro atoms. The van der Waals surface area contributed by atoms with Gasteiger partial charge in [-0.3, -0.25) is 14.4 Å². The van der Waals surface area contributed by atoms with Gasteiger partial charge in [-0.15, -0.1) is 0 Å². The van der Waals surface area contributed by atoms with Gasteiger partial charge >= 0.3 is 5.97 Å². The first-order valence-corrected chi connectivity index (χ1v) is 8.80.